The van der Waals surface area contributed by atoms with Gasteiger partial charge in [0.25, 0.3) is 5.91 Å². The van der Waals surface area contributed by atoms with Crippen molar-refractivity contribution in [3.05, 3.63) is 65.2 Å². The zero-order valence-corrected chi connectivity index (χ0v) is 20.2. The van der Waals surface area contributed by atoms with E-state index in [0.29, 0.717) is 12.1 Å². The Hall–Kier alpha value is -3.60. The summed E-state index contributed by atoms with van der Waals surface area (Å²) in [6.45, 7) is 2.50. The second-order valence-corrected chi connectivity index (χ2v) is 9.57. The summed E-state index contributed by atoms with van der Waals surface area (Å²) in [6.07, 6.45) is -2.18. The fraction of sp³-hybridized carbons (Fsp3) is 0.423. The van der Waals surface area contributed by atoms with Gasteiger partial charge in [0.1, 0.15) is 0 Å². The summed E-state index contributed by atoms with van der Waals surface area (Å²) in [5.41, 5.74) is 5.23. The first-order valence-corrected chi connectivity index (χ1v) is 12.2. The molecule has 0 unspecified atom stereocenters. The Morgan fingerprint density at radius 2 is 1.76 bits per heavy atom. The number of halogens is 3. The Kier molecular flexibility index (Phi) is 7.72. The van der Waals surface area contributed by atoms with Crippen LogP contribution >= 0.6 is 0 Å². The van der Waals surface area contributed by atoms with Crippen LogP contribution in [-0.4, -0.2) is 56.0 Å². The molecular weight excluding hydrogens is 487 g/mol. The van der Waals surface area contributed by atoms with E-state index in [0.717, 1.165) is 62.8 Å². The van der Waals surface area contributed by atoms with Gasteiger partial charge in [0, 0.05) is 36.4 Å². The highest BCUT2D eigenvalue weighted by molar-refractivity contribution is 5.96. The van der Waals surface area contributed by atoms with Crippen LogP contribution in [0.15, 0.2) is 48.5 Å². The molecular formula is C26H30F3N5O3. The van der Waals surface area contributed by atoms with Crippen molar-refractivity contribution < 1.29 is 27.6 Å². The number of carbonyl (C=O) groups excluding carboxylic acids is 3. The number of amides is 3. The first kappa shape index (κ1) is 26.5. The molecule has 2 aromatic rings. The highest BCUT2D eigenvalue weighted by Gasteiger charge is 2.43. The number of nitrogens with zero attached hydrogens (tertiary/aromatic N) is 1. The summed E-state index contributed by atoms with van der Waals surface area (Å²) < 4.78 is 38.8. The number of rotatable bonds is 7. The number of piperidine rings is 1. The largest absolute Gasteiger partial charge is 0.416 e. The summed E-state index contributed by atoms with van der Waals surface area (Å²) in [6, 6.07) is 11.3. The van der Waals surface area contributed by atoms with E-state index in [1.807, 2.05) is 6.07 Å². The van der Waals surface area contributed by atoms with Crippen molar-refractivity contribution in [3.63, 3.8) is 0 Å². The third-order valence-electron chi connectivity index (χ3n) is 7.21. The molecule has 0 aromatic heterocycles. The van der Waals surface area contributed by atoms with Crippen LogP contribution in [0, 0.1) is 5.92 Å². The van der Waals surface area contributed by atoms with Crippen LogP contribution in [0.3, 0.4) is 0 Å². The molecule has 0 saturated carbocycles. The number of carbonyl (C=O) groups is 3. The molecule has 0 spiro atoms. The minimum atomic E-state index is -4.56. The van der Waals surface area contributed by atoms with Gasteiger partial charge in [0.15, 0.2) is 0 Å². The molecule has 0 radical (unpaired) electrons. The van der Waals surface area contributed by atoms with Gasteiger partial charge in [0.05, 0.1) is 17.6 Å². The van der Waals surface area contributed by atoms with E-state index in [1.54, 1.807) is 18.2 Å². The van der Waals surface area contributed by atoms with Crippen LogP contribution < -0.4 is 26.6 Å². The zero-order chi connectivity index (χ0) is 26.6. The average Bonchev–Trinajstić information content (AvgIpc) is 3.36. The highest BCUT2D eigenvalue weighted by atomic mass is 19.4. The summed E-state index contributed by atoms with van der Waals surface area (Å²) in [4.78, 5) is 38.9. The number of nitrogens with two attached hydrogens (primary N) is 1. The maximum Gasteiger partial charge on any atom is 0.416 e. The average molecular weight is 518 g/mol. The van der Waals surface area contributed by atoms with Gasteiger partial charge in [-0.15, -0.1) is 0 Å². The molecule has 2 aromatic carbocycles. The first-order valence-electron chi connectivity index (χ1n) is 12.2. The van der Waals surface area contributed by atoms with Crippen LogP contribution in [0.5, 0.6) is 0 Å². The summed E-state index contributed by atoms with van der Waals surface area (Å²) in [5, 5.41) is 8.85. The molecule has 0 aliphatic carbocycles. The van der Waals surface area contributed by atoms with Crippen LogP contribution in [-0.2, 0) is 11.0 Å². The molecule has 4 rings (SSSR count). The lowest BCUT2D eigenvalue weighted by Crippen LogP contribution is -2.59. The minimum absolute atomic E-state index is 0.160. The van der Waals surface area contributed by atoms with Gasteiger partial charge in [-0.3, -0.25) is 14.4 Å². The summed E-state index contributed by atoms with van der Waals surface area (Å²) in [7, 11) is 0. The lowest BCUT2D eigenvalue weighted by molar-refractivity contribution is -0.137. The zero-order valence-electron chi connectivity index (χ0n) is 20.2. The van der Waals surface area contributed by atoms with E-state index in [-0.39, 0.29) is 23.9 Å². The van der Waals surface area contributed by atoms with Crippen molar-refractivity contribution in [3.8, 4) is 0 Å². The van der Waals surface area contributed by atoms with Crippen LogP contribution in [0.25, 0.3) is 0 Å². The van der Waals surface area contributed by atoms with E-state index in [1.165, 1.54) is 6.07 Å². The standard InChI is InChI=1S/C26H30F3N5O3/c27-26(28,29)20-5-1-4-18(13-20)24(37)32-15-22(35)33-25(9-10-31-16-25)19-7-11-34(12-8-19)21-6-2-3-17(14-21)23(30)36/h1-6,13-14,19,31H,7-12,15-16H2,(H2,30,36)(H,32,37)(H,33,35)/t25-/m0/s1. The molecule has 0 bridgehead atoms. The molecule has 2 saturated heterocycles. The lowest BCUT2D eigenvalue weighted by atomic mass is 9.76. The third-order valence-corrected chi connectivity index (χ3v) is 7.21. The van der Waals surface area contributed by atoms with Gasteiger partial charge in [-0.2, -0.15) is 13.2 Å². The van der Waals surface area contributed by atoms with E-state index in [9.17, 15) is 27.6 Å². The van der Waals surface area contributed by atoms with Gasteiger partial charge in [0.2, 0.25) is 11.8 Å². The van der Waals surface area contributed by atoms with Gasteiger partial charge in [-0.25, -0.2) is 0 Å². The van der Waals surface area contributed by atoms with Crippen molar-refractivity contribution in [2.75, 3.05) is 37.6 Å². The number of primary amides is 1. The second kappa shape index (κ2) is 10.8. The fourth-order valence-electron chi connectivity index (χ4n) is 5.24. The van der Waals surface area contributed by atoms with E-state index >= 15 is 0 Å². The number of hydrogen-bond acceptors (Lipinski definition) is 5. The van der Waals surface area contributed by atoms with E-state index < -0.39 is 29.1 Å². The van der Waals surface area contributed by atoms with Crippen molar-refractivity contribution in [1.29, 1.82) is 0 Å². The highest BCUT2D eigenvalue weighted by Crippen LogP contribution is 2.35. The van der Waals surface area contributed by atoms with Crippen LogP contribution in [0.1, 0.15) is 45.5 Å². The number of nitrogens with one attached hydrogen (secondary N) is 3. The van der Waals surface area contributed by atoms with Crippen LogP contribution in [0.4, 0.5) is 18.9 Å². The SMILES string of the molecule is NC(=O)c1cccc(N2CCC([C@]3(NC(=O)CNC(=O)c4cccc(C(F)(F)F)c4)CCNC3)CC2)c1. The molecule has 2 aliphatic rings. The summed E-state index contributed by atoms with van der Waals surface area (Å²) >= 11 is 0. The second-order valence-electron chi connectivity index (χ2n) is 9.57. The Morgan fingerprint density at radius 1 is 1.05 bits per heavy atom. The monoisotopic (exact) mass is 517 g/mol. The van der Waals surface area contributed by atoms with Crippen molar-refractivity contribution in [2.45, 2.75) is 31.0 Å². The van der Waals surface area contributed by atoms with E-state index in [4.69, 9.17) is 5.73 Å². The van der Waals surface area contributed by atoms with Gasteiger partial charge in [-0.1, -0.05) is 12.1 Å². The number of anilines is 1. The Bertz CT molecular complexity index is 1160. The van der Waals surface area contributed by atoms with Crippen molar-refractivity contribution >= 4 is 23.4 Å². The number of alkyl halides is 3. The predicted molar refractivity (Wildman–Crippen MR) is 132 cm³/mol. The maximum atomic E-state index is 12.9. The molecule has 8 nitrogen and oxygen atoms in total. The van der Waals surface area contributed by atoms with Gasteiger partial charge >= 0.3 is 6.18 Å². The number of hydrogen-bond donors (Lipinski definition) is 4. The van der Waals surface area contributed by atoms with Gasteiger partial charge < -0.3 is 26.6 Å². The fourth-order valence-corrected chi connectivity index (χ4v) is 5.24. The molecule has 2 aliphatic heterocycles. The molecule has 198 valence electrons. The molecule has 2 heterocycles. The van der Waals surface area contributed by atoms with Crippen molar-refractivity contribution in [2.24, 2.45) is 11.7 Å². The van der Waals surface area contributed by atoms with E-state index in [2.05, 4.69) is 20.9 Å². The van der Waals surface area contributed by atoms with Crippen LogP contribution in [0.2, 0.25) is 0 Å². The smallest absolute Gasteiger partial charge is 0.371 e. The quantitative estimate of drug-likeness (QED) is 0.450. The maximum absolute atomic E-state index is 12.9. The Balaban J connectivity index is 1.34. The topological polar surface area (TPSA) is 117 Å². The Morgan fingerprint density at radius 3 is 2.41 bits per heavy atom. The molecule has 37 heavy (non-hydrogen) atoms. The van der Waals surface area contributed by atoms with Crippen molar-refractivity contribution in [1.82, 2.24) is 16.0 Å². The number of benzene rings is 2. The lowest BCUT2D eigenvalue weighted by Gasteiger charge is -2.43. The van der Waals surface area contributed by atoms with Gasteiger partial charge in [-0.05, 0) is 68.1 Å². The molecule has 1 atom stereocenters. The predicted octanol–water partition coefficient (Wildman–Crippen LogP) is 2.30. The first-order chi connectivity index (χ1) is 17.6. The molecule has 11 heteroatoms. The third kappa shape index (κ3) is 6.22. The minimum Gasteiger partial charge on any atom is -0.371 e. The Labute approximate surface area is 212 Å². The molecule has 5 N–H and O–H groups in total. The summed E-state index contributed by atoms with van der Waals surface area (Å²) in [5.74, 6) is -1.41. The normalized spacial score (nSPS) is 20.5. The molecule has 2 fully saturated rings. The molecule has 3 amide bonds.